The summed E-state index contributed by atoms with van der Waals surface area (Å²) >= 11 is 0. The van der Waals surface area contributed by atoms with E-state index in [0.717, 1.165) is 25.1 Å². The van der Waals surface area contributed by atoms with Crippen molar-refractivity contribution in [2.24, 2.45) is 11.7 Å². The molecule has 0 aliphatic carbocycles. The van der Waals surface area contributed by atoms with Gasteiger partial charge in [0, 0.05) is 24.7 Å². The van der Waals surface area contributed by atoms with Gasteiger partial charge in [-0.2, -0.15) is 0 Å². The Morgan fingerprint density at radius 2 is 2.28 bits per heavy atom. The zero-order valence-electron chi connectivity index (χ0n) is 10.8. The predicted octanol–water partition coefficient (Wildman–Crippen LogP) is 1.49. The molecule has 0 radical (unpaired) electrons. The number of nitrogens with two attached hydrogens (primary N) is 1. The molecule has 1 aromatic rings. The van der Waals surface area contributed by atoms with E-state index in [-0.39, 0.29) is 25.0 Å². The number of hydrogen-bond acceptors (Lipinski definition) is 3. The second-order valence-electron chi connectivity index (χ2n) is 5.12. The molecule has 3 N–H and O–H groups in total. The van der Waals surface area contributed by atoms with Crippen LogP contribution in [0, 0.1) is 11.7 Å². The van der Waals surface area contributed by atoms with Crippen LogP contribution in [0.25, 0.3) is 0 Å². The van der Waals surface area contributed by atoms with Crippen LogP contribution in [0.5, 0.6) is 0 Å². The highest BCUT2D eigenvalue weighted by molar-refractivity contribution is 5.25. The maximum Gasteiger partial charge on any atom is 0.127 e. The van der Waals surface area contributed by atoms with Crippen LogP contribution in [0.15, 0.2) is 18.2 Å². The number of hydrogen-bond donors (Lipinski definition) is 2. The topological polar surface area (TPSA) is 49.5 Å². The zero-order valence-corrected chi connectivity index (χ0v) is 10.8. The Kier molecular flexibility index (Phi) is 4.32. The lowest BCUT2D eigenvalue weighted by Crippen LogP contribution is -2.34. The third-order valence-corrected chi connectivity index (χ3v) is 3.90. The van der Waals surface area contributed by atoms with Gasteiger partial charge in [0.2, 0.25) is 0 Å². The van der Waals surface area contributed by atoms with E-state index in [1.807, 2.05) is 6.07 Å². The van der Waals surface area contributed by atoms with Crippen molar-refractivity contribution in [3.05, 3.63) is 35.1 Å². The molecule has 1 heterocycles. The SMILES string of the molecule is CC1CCN(Cc2ccc(F)c(CN)c2)C1CO. The highest BCUT2D eigenvalue weighted by atomic mass is 19.1. The van der Waals surface area contributed by atoms with Crippen molar-refractivity contribution in [1.29, 1.82) is 0 Å². The van der Waals surface area contributed by atoms with Gasteiger partial charge in [0.1, 0.15) is 5.82 Å². The normalized spacial score (nSPS) is 24.7. The molecule has 3 nitrogen and oxygen atoms in total. The van der Waals surface area contributed by atoms with Crippen LogP contribution >= 0.6 is 0 Å². The van der Waals surface area contributed by atoms with E-state index >= 15 is 0 Å². The minimum absolute atomic E-state index is 0.187. The molecule has 0 aromatic heterocycles. The monoisotopic (exact) mass is 252 g/mol. The second-order valence-corrected chi connectivity index (χ2v) is 5.12. The van der Waals surface area contributed by atoms with Crippen LogP contribution in [0.2, 0.25) is 0 Å². The van der Waals surface area contributed by atoms with E-state index in [1.165, 1.54) is 6.07 Å². The van der Waals surface area contributed by atoms with Crippen LogP contribution < -0.4 is 5.73 Å². The third-order valence-electron chi connectivity index (χ3n) is 3.90. The van der Waals surface area contributed by atoms with Crippen LogP contribution in [0.1, 0.15) is 24.5 Å². The van der Waals surface area contributed by atoms with Gasteiger partial charge in [-0.3, -0.25) is 4.90 Å². The third kappa shape index (κ3) is 2.71. The fourth-order valence-corrected chi connectivity index (χ4v) is 2.70. The Hall–Kier alpha value is -0.970. The summed E-state index contributed by atoms with van der Waals surface area (Å²) in [5, 5.41) is 9.41. The zero-order chi connectivity index (χ0) is 13.1. The van der Waals surface area contributed by atoms with E-state index in [2.05, 4.69) is 11.8 Å². The number of rotatable bonds is 4. The van der Waals surface area contributed by atoms with Crippen LogP contribution in [-0.2, 0) is 13.1 Å². The van der Waals surface area contributed by atoms with Gasteiger partial charge in [0.25, 0.3) is 0 Å². The van der Waals surface area contributed by atoms with E-state index < -0.39 is 0 Å². The number of likely N-dealkylation sites (tertiary alicyclic amines) is 1. The number of benzene rings is 1. The molecular weight excluding hydrogens is 231 g/mol. The fourth-order valence-electron chi connectivity index (χ4n) is 2.70. The first-order valence-corrected chi connectivity index (χ1v) is 6.48. The number of aliphatic hydroxyl groups excluding tert-OH is 1. The standard InChI is InChI=1S/C14H21FN2O/c1-10-4-5-17(14(10)9-18)8-11-2-3-13(15)12(6-11)7-16/h2-3,6,10,14,18H,4-5,7-9,16H2,1H3. The van der Waals surface area contributed by atoms with Crippen molar-refractivity contribution in [2.45, 2.75) is 32.5 Å². The molecule has 0 saturated carbocycles. The molecule has 1 aliphatic heterocycles. The Bertz CT molecular complexity index is 411. The molecular formula is C14H21FN2O. The summed E-state index contributed by atoms with van der Waals surface area (Å²) < 4.78 is 13.4. The maximum absolute atomic E-state index is 13.4. The minimum atomic E-state index is -0.241. The average Bonchev–Trinajstić information content (AvgIpc) is 2.72. The molecule has 0 bridgehead atoms. The van der Waals surface area contributed by atoms with Gasteiger partial charge in [-0.15, -0.1) is 0 Å². The molecule has 2 atom stereocenters. The Morgan fingerprint density at radius 3 is 2.94 bits per heavy atom. The first-order valence-electron chi connectivity index (χ1n) is 6.48. The van der Waals surface area contributed by atoms with Crippen molar-refractivity contribution in [2.75, 3.05) is 13.2 Å². The summed E-state index contributed by atoms with van der Waals surface area (Å²) in [5.41, 5.74) is 7.13. The Labute approximate surface area is 107 Å². The van der Waals surface area contributed by atoms with Gasteiger partial charge in [0.15, 0.2) is 0 Å². The summed E-state index contributed by atoms with van der Waals surface area (Å²) in [7, 11) is 0. The fraction of sp³-hybridized carbons (Fsp3) is 0.571. The van der Waals surface area contributed by atoms with Gasteiger partial charge in [-0.25, -0.2) is 4.39 Å². The molecule has 0 spiro atoms. The summed E-state index contributed by atoms with van der Waals surface area (Å²) in [4.78, 5) is 2.26. The van der Waals surface area contributed by atoms with Gasteiger partial charge < -0.3 is 10.8 Å². The molecule has 1 saturated heterocycles. The highest BCUT2D eigenvalue weighted by Crippen LogP contribution is 2.25. The van der Waals surface area contributed by atoms with Gasteiger partial charge >= 0.3 is 0 Å². The molecule has 2 unspecified atom stereocenters. The average molecular weight is 252 g/mol. The van der Waals surface area contributed by atoms with Crippen molar-refractivity contribution in [1.82, 2.24) is 4.90 Å². The molecule has 0 amide bonds. The largest absolute Gasteiger partial charge is 0.395 e. The number of halogens is 1. The van der Waals surface area contributed by atoms with Crippen LogP contribution in [0.3, 0.4) is 0 Å². The quantitative estimate of drug-likeness (QED) is 0.853. The Morgan fingerprint density at radius 1 is 1.50 bits per heavy atom. The summed E-state index contributed by atoms with van der Waals surface area (Å²) in [5.74, 6) is 0.277. The Balaban J connectivity index is 2.09. The van der Waals surface area contributed by atoms with E-state index in [4.69, 9.17) is 5.73 Å². The van der Waals surface area contributed by atoms with E-state index in [9.17, 15) is 9.50 Å². The maximum atomic E-state index is 13.4. The lowest BCUT2D eigenvalue weighted by Gasteiger charge is -2.25. The van der Waals surface area contributed by atoms with E-state index in [0.29, 0.717) is 11.5 Å². The molecule has 1 aliphatic rings. The number of aliphatic hydroxyl groups is 1. The predicted molar refractivity (Wildman–Crippen MR) is 69.4 cm³/mol. The summed E-state index contributed by atoms with van der Waals surface area (Å²) in [6.07, 6.45) is 1.11. The van der Waals surface area contributed by atoms with E-state index in [1.54, 1.807) is 6.07 Å². The van der Waals surface area contributed by atoms with Crippen LogP contribution in [0.4, 0.5) is 4.39 Å². The smallest absolute Gasteiger partial charge is 0.127 e. The summed E-state index contributed by atoms with van der Waals surface area (Å²) in [6.45, 7) is 4.31. The lowest BCUT2D eigenvalue weighted by atomic mass is 10.0. The highest BCUT2D eigenvalue weighted by Gasteiger charge is 2.30. The number of nitrogens with zero attached hydrogens (tertiary/aromatic N) is 1. The molecule has 4 heteroatoms. The molecule has 1 fully saturated rings. The first-order chi connectivity index (χ1) is 8.65. The van der Waals surface area contributed by atoms with Crippen molar-refractivity contribution in [3.63, 3.8) is 0 Å². The van der Waals surface area contributed by atoms with Gasteiger partial charge in [-0.1, -0.05) is 19.1 Å². The molecule has 1 aromatic carbocycles. The molecule has 2 rings (SSSR count). The lowest BCUT2D eigenvalue weighted by molar-refractivity contribution is 0.134. The van der Waals surface area contributed by atoms with Gasteiger partial charge in [-0.05, 0) is 30.5 Å². The van der Waals surface area contributed by atoms with Crippen molar-refractivity contribution < 1.29 is 9.50 Å². The van der Waals surface area contributed by atoms with Crippen LogP contribution in [-0.4, -0.2) is 29.2 Å². The van der Waals surface area contributed by atoms with Crippen molar-refractivity contribution >= 4 is 0 Å². The van der Waals surface area contributed by atoms with Gasteiger partial charge in [0.05, 0.1) is 6.61 Å². The molecule has 100 valence electrons. The first kappa shape index (κ1) is 13.5. The minimum Gasteiger partial charge on any atom is -0.395 e. The second kappa shape index (κ2) is 5.78. The summed E-state index contributed by atoms with van der Waals surface area (Å²) in [6, 6.07) is 5.32. The van der Waals surface area contributed by atoms with Crippen molar-refractivity contribution in [3.8, 4) is 0 Å². The molecule has 18 heavy (non-hydrogen) atoms.